The first-order chi connectivity index (χ1) is 11.5. The molecule has 1 atom stereocenters. The van der Waals surface area contributed by atoms with Crippen LogP contribution in [-0.2, 0) is 7.05 Å². The van der Waals surface area contributed by atoms with Crippen molar-refractivity contribution in [2.24, 2.45) is 7.05 Å². The molecule has 5 heteroatoms. The molecule has 24 heavy (non-hydrogen) atoms. The summed E-state index contributed by atoms with van der Waals surface area (Å²) in [6.07, 6.45) is 1.64. The van der Waals surface area contributed by atoms with Crippen LogP contribution < -0.4 is 0 Å². The third-order valence-corrected chi connectivity index (χ3v) is 5.15. The number of Topliss-reactive ketones (excluding diaryl/α,β-unsaturated/α-hetero) is 1. The van der Waals surface area contributed by atoms with Gasteiger partial charge in [-0.15, -0.1) is 10.2 Å². The number of benzene rings is 2. The normalized spacial score (nSPS) is 12.1. The van der Waals surface area contributed by atoms with Crippen molar-refractivity contribution in [3.8, 4) is 0 Å². The van der Waals surface area contributed by atoms with E-state index >= 15 is 0 Å². The number of hydrogen-bond acceptors (Lipinski definition) is 4. The molecule has 0 bridgehead atoms. The molecule has 0 radical (unpaired) electrons. The SMILES string of the molecule is Cc1ccc(C(=O)[C@H](Sc2nncn2C)c2ccc(C)cc2)cc1. The molecule has 4 nitrogen and oxygen atoms in total. The Kier molecular flexibility index (Phi) is 4.81. The Labute approximate surface area is 145 Å². The van der Waals surface area contributed by atoms with Crippen molar-refractivity contribution >= 4 is 17.5 Å². The first-order valence-corrected chi connectivity index (χ1v) is 8.60. The van der Waals surface area contributed by atoms with Crippen LogP contribution in [0.3, 0.4) is 0 Å². The molecule has 0 aliphatic carbocycles. The molecule has 0 saturated carbocycles. The molecule has 0 unspecified atom stereocenters. The number of hydrogen-bond donors (Lipinski definition) is 0. The zero-order valence-corrected chi connectivity index (χ0v) is 14.7. The monoisotopic (exact) mass is 337 g/mol. The third-order valence-electron chi connectivity index (χ3n) is 3.85. The van der Waals surface area contributed by atoms with Gasteiger partial charge < -0.3 is 4.57 Å². The average molecular weight is 337 g/mol. The second-order valence-corrected chi connectivity index (χ2v) is 6.94. The molecule has 1 heterocycles. The highest BCUT2D eigenvalue weighted by Crippen LogP contribution is 2.36. The van der Waals surface area contributed by atoms with Crippen molar-refractivity contribution in [3.05, 3.63) is 77.1 Å². The molecule has 0 saturated heterocycles. The van der Waals surface area contributed by atoms with Gasteiger partial charge in [-0.1, -0.05) is 71.4 Å². The lowest BCUT2D eigenvalue weighted by Crippen LogP contribution is -2.11. The van der Waals surface area contributed by atoms with Gasteiger partial charge in [0.1, 0.15) is 11.6 Å². The largest absolute Gasteiger partial charge is 0.312 e. The summed E-state index contributed by atoms with van der Waals surface area (Å²) in [5, 5.41) is 8.39. The number of aryl methyl sites for hydroxylation is 3. The second-order valence-electron chi connectivity index (χ2n) is 5.86. The van der Waals surface area contributed by atoms with Gasteiger partial charge in [0.2, 0.25) is 0 Å². The minimum atomic E-state index is -0.351. The van der Waals surface area contributed by atoms with E-state index in [0.29, 0.717) is 5.56 Å². The summed E-state index contributed by atoms with van der Waals surface area (Å²) in [6.45, 7) is 4.05. The molecule has 122 valence electrons. The Morgan fingerprint density at radius 1 is 1.00 bits per heavy atom. The predicted molar refractivity (Wildman–Crippen MR) is 96.3 cm³/mol. The molecule has 0 spiro atoms. The second kappa shape index (κ2) is 7.01. The number of ketones is 1. The zero-order chi connectivity index (χ0) is 17.1. The Morgan fingerprint density at radius 3 is 2.12 bits per heavy atom. The minimum Gasteiger partial charge on any atom is -0.312 e. The first-order valence-electron chi connectivity index (χ1n) is 7.72. The predicted octanol–water partition coefficient (Wildman–Crippen LogP) is 4.15. The first kappa shape index (κ1) is 16.5. The summed E-state index contributed by atoms with van der Waals surface area (Å²) in [5.41, 5.74) is 3.99. The molecule has 1 aromatic heterocycles. The number of rotatable bonds is 5. The van der Waals surface area contributed by atoms with Crippen LogP contribution in [0.15, 0.2) is 60.0 Å². The van der Waals surface area contributed by atoms with Gasteiger partial charge in [-0.25, -0.2) is 0 Å². The van der Waals surface area contributed by atoms with Crippen LogP contribution in [0.5, 0.6) is 0 Å². The number of carbonyl (C=O) groups is 1. The molecule has 2 aromatic carbocycles. The summed E-state index contributed by atoms with van der Waals surface area (Å²) >= 11 is 1.43. The Morgan fingerprint density at radius 2 is 1.58 bits per heavy atom. The van der Waals surface area contributed by atoms with Crippen LogP contribution in [-0.4, -0.2) is 20.5 Å². The van der Waals surface area contributed by atoms with E-state index in [-0.39, 0.29) is 11.0 Å². The van der Waals surface area contributed by atoms with Crippen LogP contribution in [0.25, 0.3) is 0 Å². The molecule has 0 N–H and O–H groups in total. The smallest absolute Gasteiger partial charge is 0.191 e. The quantitative estimate of drug-likeness (QED) is 0.518. The lowest BCUT2D eigenvalue weighted by Gasteiger charge is -2.16. The average Bonchev–Trinajstić information content (AvgIpc) is 2.99. The molecular weight excluding hydrogens is 318 g/mol. The van der Waals surface area contributed by atoms with Gasteiger partial charge in [0.25, 0.3) is 0 Å². The highest BCUT2D eigenvalue weighted by Gasteiger charge is 2.25. The van der Waals surface area contributed by atoms with Gasteiger partial charge >= 0.3 is 0 Å². The van der Waals surface area contributed by atoms with Crippen molar-refractivity contribution in [1.29, 1.82) is 0 Å². The maximum absolute atomic E-state index is 13.1. The topological polar surface area (TPSA) is 47.8 Å². The van der Waals surface area contributed by atoms with E-state index < -0.39 is 0 Å². The van der Waals surface area contributed by atoms with Crippen LogP contribution in [0, 0.1) is 13.8 Å². The molecular formula is C19H19N3OS. The van der Waals surface area contributed by atoms with Gasteiger partial charge in [0, 0.05) is 12.6 Å². The molecule has 0 fully saturated rings. The lowest BCUT2D eigenvalue weighted by atomic mass is 10.0. The van der Waals surface area contributed by atoms with E-state index in [2.05, 4.69) is 10.2 Å². The Hall–Kier alpha value is -2.40. The summed E-state index contributed by atoms with van der Waals surface area (Å²) < 4.78 is 1.83. The summed E-state index contributed by atoms with van der Waals surface area (Å²) in [6, 6.07) is 15.8. The summed E-state index contributed by atoms with van der Waals surface area (Å²) in [5.74, 6) is 0.0758. The van der Waals surface area contributed by atoms with Gasteiger partial charge in [-0.2, -0.15) is 0 Å². The lowest BCUT2D eigenvalue weighted by molar-refractivity contribution is 0.0989. The third kappa shape index (κ3) is 3.57. The van der Waals surface area contributed by atoms with Gasteiger partial charge in [0.15, 0.2) is 10.9 Å². The van der Waals surface area contributed by atoms with E-state index in [0.717, 1.165) is 16.3 Å². The number of aromatic nitrogens is 3. The van der Waals surface area contributed by atoms with Crippen LogP contribution in [0.1, 0.15) is 32.3 Å². The van der Waals surface area contributed by atoms with Gasteiger partial charge in [0.05, 0.1) is 0 Å². The molecule has 3 aromatic rings. The van der Waals surface area contributed by atoms with Gasteiger partial charge in [-0.3, -0.25) is 4.79 Å². The Balaban J connectivity index is 1.97. The van der Waals surface area contributed by atoms with Crippen LogP contribution in [0.4, 0.5) is 0 Å². The van der Waals surface area contributed by atoms with Crippen molar-refractivity contribution in [2.75, 3.05) is 0 Å². The molecule has 0 amide bonds. The highest BCUT2D eigenvalue weighted by molar-refractivity contribution is 8.00. The van der Waals surface area contributed by atoms with E-state index in [1.165, 1.54) is 17.3 Å². The highest BCUT2D eigenvalue weighted by atomic mass is 32.2. The van der Waals surface area contributed by atoms with Crippen LogP contribution >= 0.6 is 11.8 Å². The van der Waals surface area contributed by atoms with E-state index in [1.54, 1.807) is 6.33 Å². The maximum Gasteiger partial charge on any atom is 0.191 e. The van der Waals surface area contributed by atoms with E-state index in [1.807, 2.05) is 74.0 Å². The molecule has 0 aliphatic heterocycles. The number of nitrogens with zero attached hydrogens (tertiary/aromatic N) is 3. The fourth-order valence-electron chi connectivity index (χ4n) is 2.37. The van der Waals surface area contributed by atoms with E-state index in [9.17, 15) is 4.79 Å². The summed E-state index contributed by atoms with van der Waals surface area (Å²) in [4.78, 5) is 13.1. The Bertz CT molecular complexity index is 838. The maximum atomic E-state index is 13.1. The molecule has 3 rings (SSSR count). The fraction of sp³-hybridized carbons (Fsp3) is 0.211. The zero-order valence-electron chi connectivity index (χ0n) is 13.9. The minimum absolute atomic E-state index is 0.0758. The van der Waals surface area contributed by atoms with Crippen molar-refractivity contribution in [3.63, 3.8) is 0 Å². The van der Waals surface area contributed by atoms with Crippen molar-refractivity contribution < 1.29 is 4.79 Å². The van der Waals surface area contributed by atoms with Crippen LogP contribution in [0.2, 0.25) is 0 Å². The van der Waals surface area contributed by atoms with Crippen molar-refractivity contribution in [1.82, 2.24) is 14.8 Å². The summed E-state index contributed by atoms with van der Waals surface area (Å²) in [7, 11) is 1.88. The fourth-order valence-corrected chi connectivity index (χ4v) is 3.42. The van der Waals surface area contributed by atoms with Gasteiger partial charge in [-0.05, 0) is 19.4 Å². The molecule has 0 aliphatic rings. The number of thioether (sulfide) groups is 1. The van der Waals surface area contributed by atoms with E-state index in [4.69, 9.17) is 0 Å². The standard InChI is InChI=1S/C19H19N3OS/c1-13-4-8-15(9-5-13)17(23)18(16-10-6-14(2)7-11-16)24-19-21-20-12-22(19)3/h4-12,18H,1-3H3/t18-/m1/s1. The van der Waals surface area contributed by atoms with Crippen molar-refractivity contribution in [2.45, 2.75) is 24.3 Å². The number of carbonyl (C=O) groups excluding carboxylic acids is 1.